The van der Waals surface area contributed by atoms with Crippen molar-refractivity contribution < 1.29 is 47.3 Å². The van der Waals surface area contributed by atoms with Gasteiger partial charge in [0.2, 0.25) is 5.88 Å². The second-order valence-corrected chi connectivity index (χ2v) is 16.2. The van der Waals surface area contributed by atoms with Gasteiger partial charge < -0.3 is 28.6 Å². The first-order chi connectivity index (χ1) is 25.1. The normalized spacial score (nSPS) is 16.2. The number of piperidine rings is 1. The van der Waals surface area contributed by atoms with Crippen LogP contribution in [-0.4, -0.2) is 88.4 Å². The van der Waals surface area contributed by atoms with Gasteiger partial charge in [-0.05, 0) is 105 Å². The lowest BCUT2D eigenvalue weighted by Crippen LogP contribution is -2.46. The van der Waals surface area contributed by atoms with E-state index >= 15 is 4.39 Å². The summed E-state index contributed by atoms with van der Waals surface area (Å²) >= 11 is 0. The van der Waals surface area contributed by atoms with Crippen molar-refractivity contribution >= 4 is 52.3 Å². The second-order valence-electron chi connectivity index (χ2n) is 16.2. The monoisotopic (exact) mass is 752 g/mol. The number of benzene rings is 1. The average Bonchev–Trinajstić information content (AvgIpc) is 3.03. The van der Waals surface area contributed by atoms with Gasteiger partial charge in [0.25, 0.3) is 0 Å². The molecular weight excluding hydrogens is 703 g/mol. The van der Waals surface area contributed by atoms with Gasteiger partial charge >= 0.3 is 24.4 Å². The van der Waals surface area contributed by atoms with E-state index < -0.39 is 53.1 Å². The number of likely N-dealkylation sites (tertiary alicyclic amines) is 1. The van der Waals surface area contributed by atoms with Crippen LogP contribution >= 0.6 is 0 Å². The van der Waals surface area contributed by atoms with Gasteiger partial charge in [-0.15, -0.1) is 0 Å². The molecule has 0 aliphatic carbocycles. The van der Waals surface area contributed by atoms with Gasteiger partial charge in [-0.25, -0.2) is 33.5 Å². The summed E-state index contributed by atoms with van der Waals surface area (Å²) in [4.78, 5) is 63.6. The van der Waals surface area contributed by atoms with Crippen LogP contribution in [0.4, 0.5) is 40.8 Å². The number of nitrogens with one attached hydrogen (secondary N) is 2. The molecule has 16 heteroatoms. The summed E-state index contributed by atoms with van der Waals surface area (Å²) in [6.07, 6.45) is 0.521. The van der Waals surface area contributed by atoms with E-state index in [-0.39, 0.29) is 48.0 Å². The number of pyridine rings is 2. The lowest BCUT2D eigenvalue weighted by atomic mass is 9.96. The number of anilines is 3. The average molecular weight is 753 g/mol. The number of rotatable bonds is 4. The van der Waals surface area contributed by atoms with Crippen LogP contribution in [0.1, 0.15) is 80.7 Å². The summed E-state index contributed by atoms with van der Waals surface area (Å²) < 4.78 is 44.7. The summed E-state index contributed by atoms with van der Waals surface area (Å²) in [6.45, 7) is 18.3. The van der Waals surface area contributed by atoms with E-state index in [4.69, 9.17) is 23.7 Å². The zero-order valence-electron chi connectivity index (χ0n) is 32.5. The molecule has 1 aromatic carbocycles. The second kappa shape index (κ2) is 15.1. The third-order valence-electron chi connectivity index (χ3n) is 8.12. The largest absolute Gasteiger partial charge is 0.474 e. The summed E-state index contributed by atoms with van der Waals surface area (Å²) in [5, 5.41) is 5.75. The zero-order chi connectivity index (χ0) is 39.7. The predicted octanol–water partition coefficient (Wildman–Crippen LogP) is 8.17. The number of carbonyl (C=O) groups is 4. The molecule has 0 bridgehead atoms. The number of halogens is 1. The zero-order valence-corrected chi connectivity index (χ0v) is 32.5. The Kier molecular flexibility index (Phi) is 11.2. The number of hydrogen-bond acceptors (Lipinski definition) is 11. The van der Waals surface area contributed by atoms with Crippen molar-refractivity contribution in [3.05, 3.63) is 35.9 Å². The molecule has 2 aliphatic heterocycles. The van der Waals surface area contributed by atoms with E-state index in [1.54, 1.807) is 69.2 Å². The van der Waals surface area contributed by atoms with Gasteiger partial charge in [-0.1, -0.05) is 0 Å². The molecule has 1 fully saturated rings. The summed E-state index contributed by atoms with van der Waals surface area (Å²) in [7, 11) is 0. The van der Waals surface area contributed by atoms with Gasteiger partial charge in [0.15, 0.2) is 5.82 Å². The fourth-order valence-electron chi connectivity index (χ4n) is 5.98. The van der Waals surface area contributed by atoms with Crippen LogP contribution in [-0.2, 0) is 18.9 Å². The van der Waals surface area contributed by atoms with Crippen LogP contribution in [0.2, 0.25) is 0 Å². The Morgan fingerprint density at radius 3 is 2.17 bits per heavy atom. The van der Waals surface area contributed by atoms with Crippen LogP contribution in [0.25, 0.3) is 21.9 Å². The molecule has 5 rings (SSSR count). The number of ether oxygens (including phenoxy) is 5. The number of hydrogen-bond donors (Lipinski definition) is 2. The first kappa shape index (κ1) is 39.8. The maximum absolute atomic E-state index is 16.7. The SMILES string of the molecule is Cc1c(-c2cc3cc(NC(=O)OC4CCCN(C(=O)OC(C)(C)C)C4)ncc3c(NC(=O)OC(C)(C)C)c2F)cnc2c1N(C(=O)OC(C)(C)C)CCO2. The highest BCUT2D eigenvalue weighted by Gasteiger charge is 2.33. The van der Waals surface area contributed by atoms with E-state index in [1.165, 1.54) is 34.3 Å². The Morgan fingerprint density at radius 2 is 1.50 bits per heavy atom. The van der Waals surface area contributed by atoms with Crippen LogP contribution in [0.3, 0.4) is 0 Å². The predicted molar refractivity (Wildman–Crippen MR) is 200 cm³/mol. The molecule has 1 saturated heterocycles. The fraction of sp³-hybridized carbons (Fsp3) is 0.526. The molecule has 15 nitrogen and oxygen atoms in total. The van der Waals surface area contributed by atoms with Gasteiger partial charge in [0.1, 0.15) is 41.0 Å². The van der Waals surface area contributed by atoms with Crippen molar-refractivity contribution in [2.45, 2.75) is 105 Å². The highest BCUT2D eigenvalue weighted by Crippen LogP contribution is 2.42. The molecule has 3 aromatic rings. The smallest absolute Gasteiger partial charge is 0.415 e. The van der Waals surface area contributed by atoms with Crippen molar-refractivity contribution in [1.29, 1.82) is 0 Å². The summed E-state index contributed by atoms with van der Waals surface area (Å²) in [5.74, 6) is -0.548. The van der Waals surface area contributed by atoms with Crippen LogP contribution in [0.15, 0.2) is 24.5 Å². The number of aromatic nitrogens is 2. The summed E-state index contributed by atoms with van der Waals surface area (Å²) in [5.41, 5.74) is -1.42. The minimum Gasteiger partial charge on any atom is -0.474 e. The Balaban J connectivity index is 1.49. The molecule has 0 saturated carbocycles. The molecule has 0 spiro atoms. The molecule has 1 atom stereocenters. The molecule has 2 aliphatic rings. The molecule has 2 N–H and O–H groups in total. The molecule has 1 unspecified atom stereocenters. The van der Waals surface area contributed by atoms with E-state index in [0.29, 0.717) is 41.6 Å². The van der Waals surface area contributed by atoms with Gasteiger partial charge in [0.05, 0.1) is 18.8 Å². The molecule has 0 radical (unpaired) electrons. The Bertz CT molecular complexity index is 1950. The topological polar surface area (TPSA) is 171 Å². The first-order valence-corrected chi connectivity index (χ1v) is 17.8. The number of carbonyl (C=O) groups excluding carboxylic acids is 4. The van der Waals surface area contributed by atoms with Crippen molar-refractivity contribution in [3.8, 4) is 17.0 Å². The summed E-state index contributed by atoms with van der Waals surface area (Å²) in [6, 6.07) is 3.03. The molecule has 4 heterocycles. The first-order valence-electron chi connectivity index (χ1n) is 17.8. The van der Waals surface area contributed by atoms with Crippen LogP contribution in [0.5, 0.6) is 5.88 Å². The van der Waals surface area contributed by atoms with E-state index in [2.05, 4.69) is 20.6 Å². The van der Waals surface area contributed by atoms with Crippen molar-refractivity contribution in [2.24, 2.45) is 0 Å². The maximum atomic E-state index is 16.7. The molecular formula is C38H49FN6O9. The highest BCUT2D eigenvalue weighted by molar-refractivity contribution is 6.05. The third-order valence-corrected chi connectivity index (χ3v) is 8.12. The van der Waals surface area contributed by atoms with Gasteiger partial charge in [0, 0.05) is 35.5 Å². The maximum Gasteiger partial charge on any atom is 0.415 e. The standard InChI is InChI=1S/C38H49FN6O9/c1-21-25(18-41-31-30(21)45(14-15-50-31)35(49)54-38(8,9)10)24-16-22-17-27(40-19-26(22)29(28(24)39)43-33(47)52-36(2,3)4)42-32(46)51-23-12-11-13-44(20-23)34(48)53-37(5,6)7/h16-19,23H,11-15,20H2,1-10H3,(H,43,47)(H,40,42,46). The molecule has 4 amide bonds. The number of nitrogens with zero attached hydrogens (tertiary/aromatic N) is 4. The number of amides is 4. The lowest BCUT2D eigenvalue weighted by Gasteiger charge is -2.33. The Hall–Kier alpha value is -5.41. The minimum absolute atomic E-state index is 0.0280. The van der Waals surface area contributed by atoms with Crippen LogP contribution < -0.4 is 20.3 Å². The Morgan fingerprint density at radius 1 is 0.833 bits per heavy atom. The molecule has 292 valence electrons. The van der Waals surface area contributed by atoms with Crippen molar-refractivity contribution in [2.75, 3.05) is 41.8 Å². The van der Waals surface area contributed by atoms with E-state index in [0.717, 1.165) is 0 Å². The quantitative estimate of drug-likeness (QED) is 0.246. The van der Waals surface area contributed by atoms with Gasteiger partial charge in [-0.2, -0.15) is 0 Å². The van der Waals surface area contributed by atoms with Crippen molar-refractivity contribution in [1.82, 2.24) is 14.9 Å². The minimum atomic E-state index is -0.900. The molecule has 2 aromatic heterocycles. The van der Waals surface area contributed by atoms with Gasteiger partial charge in [-0.3, -0.25) is 15.5 Å². The lowest BCUT2D eigenvalue weighted by molar-refractivity contribution is 0.000850. The molecule has 54 heavy (non-hydrogen) atoms. The third kappa shape index (κ3) is 9.76. The Labute approximate surface area is 313 Å². The van der Waals surface area contributed by atoms with E-state index in [1.807, 2.05) is 0 Å². The van der Waals surface area contributed by atoms with Crippen molar-refractivity contribution in [3.63, 3.8) is 0 Å². The highest BCUT2D eigenvalue weighted by atomic mass is 19.1. The number of fused-ring (bicyclic) bond motifs is 2. The van der Waals surface area contributed by atoms with Crippen LogP contribution in [0, 0.1) is 12.7 Å². The fourth-order valence-corrected chi connectivity index (χ4v) is 5.98. The van der Waals surface area contributed by atoms with E-state index in [9.17, 15) is 19.2 Å².